The zero-order chi connectivity index (χ0) is 12.6. The molecule has 1 nitrogen and oxygen atoms in total. The lowest BCUT2D eigenvalue weighted by atomic mass is 9.95. The topological polar surface area (TPSA) is 12.0 Å². The summed E-state index contributed by atoms with van der Waals surface area (Å²) in [6, 6.07) is 2.98. The normalized spacial score (nSPS) is 27.2. The third kappa shape index (κ3) is 2.44. The maximum atomic E-state index is 13.5. The molecular weight excluding hydrogens is 260 g/mol. The molecule has 1 saturated carbocycles. The number of halogens is 3. The lowest BCUT2D eigenvalue weighted by molar-refractivity contribution is 0.582. The maximum absolute atomic E-state index is 13.5. The average Bonchev–Trinajstić information content (AvgIpc) is 2.93. The van der Waals surface area contributed by atoms with Gasteiger partial charge in [0.25, 0.3) is 0 Å². The highest BCUT2D eigenvalue weighted by Gasteiger charge is 2.51. The van der Waals surface area contributed by atoms with E-state index in [1.54, 1.807) is 0 Å². The van der Waals surface area contributed by atoms with Crippen LogP contribution >= 0.6 is 23.2 Å². The van der Waals surface area contributed by atoms with E-state index in [2.05, 4.69) is 19.2 Å². The van der Waals surface area contributed by atoms with Crippen molar-refractivity contribution in [2.45, 2.75) is 25.7 Å². The molecule has 17 heavy (non-hydrogen) atoms. The molecule has 94 valence electrons. The van der Waals surface area contributed by atoms with Gasteiger partial charge in [-0.15, -0.1) is 0 Å². The van der Waals surface area contributed by atoms with Gasteiger partial charge in [0.05, 0.1) is 5.02 Å². The summed E-state index contributed by atoms with van der Waals surface area (Å²) in [7, 11) is 0. The molecule has 1 aromatic carbocycles. The zero-order valence-electron chi connectivity index (χ0n) is 9.99. The summed E-state index contributed by atoms with van der Waals surface area (Å²) in [4.78, 5) is 0. The molecule has 0 saturated heterocycles. The highest BCUT2D eigenvalue weighted by Crippen LogP contribution is 2.55. The molecule has 2 rings (SSSR count). The molecule has 0 radical (unpaired) electrons. The molecule has 0 amide bonds. The standard InChI is InChI=1S/C13H16Cl2FN/c1-3-17-7-8-6-13(8,2)9-4-12(16)11(15)5-10(9)14/h4-5,8,17H,3,6-7H2,1-2H3. The van der Waals surface area contributed by atoms with Crippen molar-refractivity contribution in [3.8, 4) is 0 Å². The average molecular weight is 276 g/mol. The third-order valence-corrected chi connectivity index (χ3v) is 4.28. The minimum absolute atomic E-state index is 0.00924. The third-order valence-electron chi connectivity index (χ3n) is 3.68. The van der Waals surface area contributed by atoms with E-state index in [-0.39, 0.29) is 16.3 Å². The molecule has 1 aliphatic carbocycles. The molecule has 1 aliphatic rings. The number of nitrogens with one attached hydrogen (secondary N) is 1. The van der Waals surface area contributed by atoms with Crippen molar-refractivity contribution in [1.29, 1.82) is 0 Å². The van der Waals surface area contributed by atoms with Crippen molar-refractivity contribution >= 4 is 23.2 Å². The Bertz CT molecular complexity index is 436. The van der Waals surface area contributed by atoms with Crippen molar-refractivity contribution in [1.82, 2.24) is 5.32 Å². The van der Waals surface area contributed by atoms with E-state index < -0.39 is 0 Å². The van der Waals surface area contributed by atoms with Gasteiger partial charge in [0.15, 0.2) is 0 Å². The van der Waals surface area contributed by atoms with E-state index in [1.165, 1.54) is 12.1 Å². The SMILES string of the molecule is CCNCC1CC1(C)c1cc(F)c(Cl)cc1Cl. The second kappa shape index (κ2) is 4.75. The molecule has 2 atom stereocenters. The van der Waals surface area contributed by atoms with E-state index in [0.29, 0.717) is 10.9 Å². The lowest BCUT2D eigenvalue weighted by Gasteiger charge is -2.15. The predicted molar refractivity (Wildman–Crippen MR) is 70.4 cm³/mol. The first-order chi connectivity index (χ1) is 7.99. The molecular formula is C13H16Cl2FN. The van der Waals surface area contributed by atoms with Gasteiger partial charge in [0, 0.05) is 5.02 Å². The van der Waals surface area contributed by atoms with Crippen LogP contribution in [0.4, 0.5) is 4.39 Å². The smallest absolute Gasteiger partial charge is 0.142 e. The van der Waals surface area contributed by atoms with E-state index in [0.717, 1.165) is 25.1 Å². The van der Waals surface area contributed by atoms with Crippen molar-refractivity contribution in [3.63, 3.8) is 0 Å². The van der Waals surface area contributed by atoms with Gasteiger partial charge in [-0.05, 0) is 48.5 Å². The zero-order valence-corrected chi connectivity index (χ0v) is 11.5. The summed E-state index contributed by atoms with van der Waals surface area (Å²) in [6.45, 7) is 6.11. The molecule has 0 aliphatic heterocycles. The Kier molecular flexibility index (Phi) is 3.67. The molecule has 0 aromatic heterocycles. The lowest BCUT2D eigenvalue weighted by Crippen LogP contribution is -2.20. The van der Waals surface area contributed by atoms with Gasteiger partial charge in [-0.2, -0.15) is 0 Å². The highest BCUT2D eigenvalue weighted by atomic mass is 35.5. The second-order valence-electron chi connectivity index (χ2n) is 4.87. The van der Waals surface area contributed by atoms with E-state index in [9.17, 15) is 4.39 Å². The van der Waals surface area contributed by atoms with Crippen LogP contribution in [0.1, 0.15) is 25.8 Å². The van der Waals surface area contributed by atoms with Crippen LogP contribution in [0.3, 0.4) is 0 Å². The fourth-order valence-electron chi connectivity index (χ4n) is 2.36. The van der Waals surface area contributed by atoms with E-state index in [4.69, 9.17) is 23.2 Å². The fourth-order valence-corrected chi connectivity index (χ4v) is 2.96. The van der Waals surface area contributed by atoms with Crippen molar-refractivity contribution < 1.29 is 4.39 Å². The van der Waals surface area contributed by atoms with Crippen LogP contribution in [0, 0.1) is 11.7 Å². The van der Waals surface area contributed by atoms with Gasteiger partial charge in [0.1, 0.15) is 5.82 Å². The van der Waals surface area contributed by atoms with Gasteiger partial charge in [-0.3, -0.25) is 0 Å². The first-order valence-electron chi connectivity index (χ1n) is 5.84. The maximum Gasteiger partial charge on any atom is 0.142 e. The minimum Gasteiger partial charge on any atom is -0.317 e. The van der Waals surface area contributed by atoms with Gasteiger partial charge < -0.3 is 5.32 Å². The Morgan fingerprint density at radius 1 is 1.41 bits per heavy atom. The Balaban J connectivity index is 2.21. The van der Waals surface area contributed by atoms with Crippen LogP contribution < -0.4 is 5.32 Å². The van der Waals surface area contributed by atoms with E-state index >= 15 is 0 Å². The van der Waals surface area contributed by atoms with Crippen LogP contribution in [0.2, 0.25) is 10.0 Å². The number of benzene rings is 1. The molecule has 1 fully saturated rings. The molecule has 1 aromatic rings. The first kappa shape index (κ1) is 13.1. The van der Waals surface area contributed by atoms with Crippen LogP contribution in [-0.4, -0.2) is 13.1 Å². The van der Waals surface area contributed by atoms with Gasteiger partial charge >= 0.3 is 0 Å². The van der Waals surface area contributed by atoms with Gasteiger partial charge in [0.2, 0.25) is 0 Å². The summed E-state index contributed by atoms with van der Waals surface area (Å²) in [5.74, 6) is 0.141. The summed E-state index contributed by atoms with van der Waals surface area (Å²) in [6.07, 6.45) is 1.04. The van der Waals surface area contributed by atoms with Crippen LogP contribution in [0.5, 0.6) is 0 Å². The van der Waals surface area contributed by atoms with Crippen LogP contribution in [-0.2, 0) is 5.41 Å². The van der Waals surface area contributed by atoms with Crippen LogP contribution in [0.25, 0.3) is 0 Å². The summed E-state index contributed by atoms with van der Waals surface area (Å²) in [5.41, 5.74) is 0.869. The minimum atomic E-state index is -0.388. The number of hydrogen-bond donors (Lipinski definition) is 1. The highest BCUT2D eigenvalue weighted by molar-refractivity contribution is 6.35. The van der Waals surface area contributed by atoms with Gasteiger partial charge in [-0.1, -0.05) is 37.0 Å². The van der Waals surface area contributed by atoms with Gasteiger partial charge in [-0.25, -0.2) is 4.39 Å². The predicted octanol–water partition coefficient (Wildman–Crippen LogP) is 4.02. The first-order valence-corrected chi connectivity index (χ1v) is 6.60. The number of hydrogen-bond acceptors (Lipinski definition) is 1. The molecule has 0 bridgehead atoms. The largest absolute Gasteiger partial charge is 0.317 e. The molecule has 1 N–H and O–H groups in total. The molecule has 4 heteroatoms. The Morgan fingerprint density at radius 3 is 2.76 bits per heavy atom. The fraction of sp³-hybridized carbons (Fsp3) is 0.538. The number of rotatable bonds is 4. The molecule has 0 heterocycles. The van der Waals surface area contributed by atoms with E-state index in [1.807, 2.05) is 0 Å². The second-order valence-corrected chi connectivity index (χ2v) is 5.69. The summed E-state index contributed by atoms with van der Waals surface area (Å²) < 4.78 is 13.5. The van der Waals surface area contributed by atoms with Crippen molar-refractivity contribution in [2.75, 3.05) is 13.1 Å². The Labute approximate surface area is 111 Å². The molecule has 2 unspecified atom stereocenters. The van der Waals surface area contributed by atoms with Crippen molar-refractivity contribution in [2.24, 2.45) is 5.92 Å². The van der Waals surface area contributed by atoms with Crippen molar-refractivity contribution in [3.05, 3.63) is 33.6 Å². The summed E-state index contributed by atoms with van der Waals surface area (Å²) >= 11 is 11.9. The Morgan fingerprint density at radius 2 is 2.12 bits per heavy atom. The Hall–Kier alpha value is -0.310. The molecule has 0 spiro atoms. The summed E-state index contributed by atoms with van der Waals surface area (Å²) in [5, 5.41) is 3.97. The quantitative estimate of drug-likeness (QED) is 0.819. The monoisotopic (exact) mass is 275 g/mol. The van der Waals surface area contributed by atoms with Crippen LogP contribution in [0.15, 0.2) is 12.1 Å².